The van der Waals surface area contributed by atoms with Gasteiger partial charge in [0.1, 0.15) is 0 Å². The topological polar surface area (TPSA) is 32.3 Å². The third-order valence-electron chi connectivity index (χ3n) is 4.27. The molecule has 5 heteroatoms. The van der Waals surface area contributed by atoms with Crippen LogP contribution in [0.1, 0.15) is 40.5 Å². The zero-order chi connectivity index (χ0) is 16.1. The molecule has 0 spiro atoms. The SMILES string of the molecule is O=C(NC[C@@H](c1cccs1)N1CCCCC1)c1ccc(Br)cc1. The van der Waals surface area contributed by atoms with Gasteiger partial charge in [0.05, 0.1) is 6.04 Å². The lowest BCUT2D eigenvalue weighted by Gasteiger charge is -2.34. The number of amides is 1. The molecular formula is C18H21BrN2OS. The summed E-state index contributed by atoms with van der Waals surface area (Å²) in [5.74, 6) is -0.00364. The molecule has 1 saturated heterocycles. The van der Waals surface area contributed by atoms with Crippen LogP contribution in [0.15, 0.2) is 46.3 Å². The lowest BCUT2D eigenvalue weighted by molar-refractivity contribution is 0.0925. The molecule has 1 atom stereocenters. The first-order valence-electron chi connectivity index (χ1n) is 8.05. The minimum Gasteiger partial charge on any atom is -0.350 e. The highest BCUT2D eigenvalue weighted by Gasteiger charge is 2.23. The summed E-state index contributed by atoms with van der Waals surface area (Å²) in [4.78, 5) is 16.2. The summed E-state index contributed by atoms with van der Waals surface area (Å²) in [6.45, 7) is 2.91. The van der Waals surface area contributed by atoms with E-state index in [0.29, 0.717) is 12.1 Å². The fourth-order valence-electron chi connectivity index (χ4n) is 3.01. The number of hydrogen-bond donors (Lipinski definition) is 1. The average molecular weight is 393 g/mol. The van der Waals surface area contributed by atoms with E-state index >= 15 is 0 Å². The number of piperidine rings is 1. The summed E-state index contributed by atoms with van der Waals surface area (Å²) in [5.41, 5.74) is 0.705. The number of halogens is 1. The molecule has 1 aliphatic heterocycles. The zero-order valence-corrected chi connectivity index (χ0v) is 15.4. The number of nitrogens with one attached hydrogen (secondary N) is 1. The van der Waals surface area contributed by atoms with E-state index in [1.54, 1.807) is 11.3 Å². The molecule has 0 saturated carbocycles. The van der Waals surface area contributed by atoms with Crippen molar-refractivity contribution >= 4 is 33.2 Å². The van der Waals surface area contributed by atoms with Crippen LogP contribution in [0.5, 0.6) is 0 Å². The van der Waals surface area contributed by atoms with Crippen molar-refractivity contribution in [1.29, 1.82) is 0 Å². The van der Waals surface area contributed by atoms with Crippen LogP contribution in [-0.4, -0.2) is 30.4 Å². The second-order valence-corrected chi connectivity index (χ2v) is 7.74. The van der Waals surface area contributed by atoms with E-state index in [2.05, 4.69) is 43.7 Å². The number of likely N-dealkylation sites (tertiary alicyclic amines) is 1. The van der Waals surface area contributed by atoms with Gasteiger partial charge in [0.2, 0.25) is 0 Å². The lowest BCUT2D eigenvalue weighted by Crippen LogP contribution is -2.40. The molecular weight excluding hydrogens is 372 g/mol. The Morgan fingerprint density at radius 3 is 2.57 bits per heavy atom. The highest BCUT2D eigenvalue weighted by atomic mass is 79.9. The van der Waals surface area contributed by atoms with Crippen molar-refractivity contribution < 1.29 is 4.79 Å². The quantitative estimate of drug-likeness (QED) is 0.813. The molecule has 2 heterocycles. The molecule has 1 fully saturated rings. The lowest BCUT2D eigenvalue weighted by atomic mass is 10.1. The molecule has 2 aromatic rings. The third-order valence-corrected chi connectivity index (χ3v) is 5.77. The fourth-order valence-corrected chi connectivity index (χ4v) is 4.14. The van der Waals surface area contributed by atoms with Crippen LogP contribution in [0, 0.1) is 0 Å². The number of carbonyl (C=O) groups is 1. The number of thiophene rings is 1. The highest BCUT2D eigenvalue weighted by molar-refractivity contribution is 9.10. The molecule has 3 rings (SSSR count). The van der Waals surface area contributed by atoms with Crippen LogP contribution in [0.4, 0.5) is 0 Å². The normalized spacial score (nSPS) is 16.9. The molecule has 1 N–H and O–H groups in total. The number of nitrogens with zero attached hydrogens (tertiary/aromatic N) is 1. The summed E-state index contributed by atoms with van der Waals surface area (Å²) in [6.07, 6.45) is 3.82. The Hall–Kier alpha value is -1.17. The molecule has 1 aromatic carbocycles. The first kappa shape index (κ1) is 16.7. The molecule has 1 aliphatic rings. The Morgan fingerprint density at radius 2 is 1.91 bits per heavy atom. The van der Waals surface area contributed by atoms with Gasteiger partial charge in [-0.3, -0.25) is 9.69 Å². The molecule has 3 nitrogen and oxygen atoms in total. The molecule has 0 radical (unpaired) electrons. The van der Waals surface area contributed by atoms with Gasteiger partial charge in [0.25, 0.3) is 5.91 Å². The molecule has 1 aromatic heterocycles. The molecule has 23 heavy (non-hydrogen) atoms. The Kier molecular flexibility index (Phi) is 5.86. The standard InChI is InChI=1S/C18H21BrN2OS/c19-15-8-6-14(7-9-15)18(22)20-13-16(17-5-4-12-23-17)21-10-2-1-3-11-21/h4-9,12,16H,1-3,10-11,13H2,(H,20,22)/t16-/m0/s1. The number of rotatable bonds is 5. The summed E-state index contributed by atoms with van der Waals surface area (Å²) in [5, 5.41) is 5.23. The largest absolute Gasteiger partial charge is 0.350 e. The minimum absolute atomic E-state index is 0.00364. The van der Waals surface area contributed by atoms with Crippen LogP contribution >= 0.6 is 27.3 Å². The Bertz CT molecular complexity index is 621. The zero-order valence-electron chi connectivity index (χ0n) is 13.0. The van der Waals surface area contributed by atoms with Crippen molar-refractivity contribution in [3.8, 4) is 0 Å². The van der Waals surface area contributed by atoms with E-state index < -0.39 is 0 Å². The molecule has 0 aliphatic carbocycles. The molecule has 0 bridgehead atoms. The smallest absolute Gasteiger partial charge is 0.251 e. The second-order valence-electron chi connectivity index (χ2n) is 5.84. The van der Waals surface area contributed by atoms with Gasteiger partial charge in [-0.2, -0.15) is 0 Å². The average Bonchev–Trinajstić information content (AvgIpc) is 3.11. The van der Waals surface area contributed by atoms with Crippen LogP contribution in [0.2, 0.25) is 0 Å². The highest BCUT2D eigenvalue weighted by Crippen LogP contribution is 2.27. The van der Waals surface area contributed by atoms with Crippen molar-refractivity contribution in [3.63, 3.8) is 0 Å². The third kappa shape index (κ3) is 4.43. The first-order chi connectivity index (χ1) is 11.2. The maximum absolute atomic E-state index is 12.4. The van der Waals surface area contributed by atoms with E-state index in [0.717, 1.165) is 17.6 Å². The van der Waals surface area contributed by atoms with Crippen molar-refractivity contribution in [3.05, 3.63) is 56.7 Å². The van der Waals surface area contributed by atoms with Gasteiger partial charge in [-0.05, 0) is 61.6 Å². The maximum atomic E-state index is 12.4. The second kappa shape index (κ2) is 8.08. The van der Waals surface area contributed by atoms with Gasteiger partial charge in [0.15, 0.2) is 0 Å². The van der Waals surface area contributed by atoms with Gasteiger partial charge < -0.3 is 5.32 Å². The van der Waals surface area contributed by atoms with Crippen molar-refractivity contribution in [2.45, 2.75) is 25.3 Å². The summed E-state index contributed by atoms with van der Waals surface area (Å²) in [6, 6.07) is 12.0. The molecule has 122 valence electrons. The number of hydrogen-bond acceptors (Lipinski definition) is 3. The predicted molar refractivity (Wildman–Crippen MR) is 99.0 cm³/mol. The van der Waals surface area contributed by atoms with E-state index in [1.165, 1.54) is 24.1 Å². The van der Waals surface area contributed by atoms with Crippen LogP contribution in [0.3, 0.4) is 0 Å². The van der Waals surface area contributed by atoms with E-state index in [9.17, 15) is 4.79 Å². The monoisotopic (exact) mass is 392 g/mol. The van der Waals surface area contributed by atoms with Gasteiger partial charge >= 0.3 is 0 Å². The predicted octanol–water partition coefficient (Wildman–Crippen LogP) is 4.47. The first-order valence-corrected chi connectivity index (χ1v) is 9.72. The summed E-state index contributed by atoms with van der Waals surface area (Å²) < 4.78 is 0.985. The molecule has 0 unspecified atom stereocenters. The molecule has 1 amide bonds. The van der Waals surface area contributed by atoms with Gasteiger partial charge in [-0.15, -0.1) is 11.3 Å². The van der Waals surface area contributed by atoms with Gasteiger partial charge in [0, 0.05) is 21.5 Å². The van der Waals surface area contributed by atoms with Crippen molar-refractivity contribution in [1.82, 2.24) is 10.2 Å². The number of carbonyl (C=O) groups excluding carboxylic acids is 1. The Labute approximate surface area is 149 Å². The Morgan fingerprint density at radius 1 is 1.17 bits per heavy atom. The Balaban J connectivity index is 1.66. The van der Waals surface area contributed by atoms with Gasteiger partial charge in [-0.1, -0.05) is 28.4 Å². The number of benzene rings is 1. The summed E-state index contributed by atoms with van der Waals surface area (Å²) in [7, 11) is 0. The maximum Gasteiger partial charge on any atom is 0.251 e. The van der Waals surface area contributed by atoms with Crippen LogP contribution < -0.4 is 5.32 Å². The van der Waals surface area contributed by atoms with E-state index in [1.807, 2.05) is 24.3 Å². The van der Waals surface area contributed by atoms with Crippen molar-refractivity contribution in [2.75, 3.05) is 19.6 Å². The fraction of sp³-hybridized carbons (Fsp3) is 0.389. The van der Waals surface area contributed by atoms with Crippen LogP contribution in [0.25, 0.3) is 0 Å². The summed E-state index contributed by atoms with van der Waals surface area (Å²) >= 11 is 5.17. The van der Waals surface area contributed by atoms with Crippen molar-refractivity contribution in [2.24, 2.45) is 0 Å². The van der Waals surface area contributed by atoms with E-state index in [4.69, 9.17) is 0 Å². The minimum atomic E-state index is -0.00364. The van der Waals surface area contributed by atoms with E-state index in [-0.39, 0.29) is 11.9 Å². The van der Waals surface area contributed by atoms with Gasteiger partial charge in [-0.25, -0.2) is 0 Å². The van der Waals surface area contributed by atoms with Crippen LogP contribution in [-0.2, 0) is 0 Å².